The van der Waals surface area contributed by atoms with Crippen LogP contribution in [0.15, 0.2) is 18.2 Å². The third-order valence-corrected chi connectivity index (χ3v) is 3.46. The van der Waals surface area contributed by atoms with Crippen LogP contribution in [-0.4, -0.2) is 41.3 Å². The first kappa shape index (κ1) is 15.3. The van der Waals surface area contributed by atoms with Crippen LogP contribution in [0, 0.1) is 0 Å². The number of phenolic OH excluding ortho intramolecular Hbond substituents is 1. The Bertz CT molecular complexity index is 447. The van der Waals surface area contributed by atoms with Crippen LogP contribution in [0.3, 0.4) is 0 Å². The topological polar surface area (TPSA) is 70.0 Å². The van der Waals surface area contributed by atoms with Crippen molar-refractivity contribution in [3.63, 3.8) is 0 Å². The molecule has 0 fully saturated rings. The Morgan fingerprint density at radius 2 is 2.11 bits per heavy atom. The lowest BCUT2D eigenvalue weighted by atomic mass is 10.0. The Hall–Kier alpha value is -1.75. The first-order valence-electron chi connectivity index (χ1n) is 6.24. The van der Waals surface area contributed by atoms with E-state index >= 15 is 0 Å². The summed E-state index contributed by atoms with van der Waals surface area (Å²) in [6.45, 7) is 3.69. The van der Waals surface area contributed by atoms with Crippen LogP contribution in [0.5, 0.6) is 11.5 Å². The maximum absolute atomic E-state index is 11.2. The molecule has 2 atom stereocenters. The summed E-state index contributed by atoms with van der Waals surface area (Å²) >= 11 is 0. The smallest absolute Gasteiger partial charge is 0.320 e. The molecule has 0 aliphatic rings. The normalized spacial score (nSPS) is 14.2. The molecule has 0 bridgehead atoms. The van der Waals surface area contributed by atoms with Gasteiger partial charge >= 0.3 is 5.97 Å². The third-order valence-electron chi connectivity index (χ3n) is 3.46. The van der Waals surface area contributed by atoms with E-state index in [9.17, 15) is 15.0 Å². The van der Waals surface area contributed by atoms with Crippen LogP contribution in [0.2, 0.25) is 0 Å². The minimum atomic E-state index is -0.862. The number of likely N-dealkylation sites (N-methyl/N-ethyl adjacent to an activating group) is 1. The quantitative estimate of drug-likeness (QED) is 0.827. The summed E-state index contributed by atoms with van der Waals surface area (Å²) in [4.78, 5) is 12.9. The fourth-order valence-corrected chi connectivity index (χ4v) is 2.12. The lowest BCUT2D eigenvalue weighted by Crippen LogP contribution is -2.39. The number of ether oxygens (including phenoxy) is 1. The molecule has 0 saturated heterocycles. The summed E-state index contributed by atoms with van der Waals surface area (Å²) in [6, 6.07) is 4.14. The molecule has 0 aliphatic heterocycles. The van der Waals surface area contributed by atoms with Gasteiger partial charge in [0.05, 0.1) is 7.11 Å². The number of aromatic hydroxyl groups is 1. The molecule has 0 aromatic heterocycles. The molecule has 5 heteroatoms. The van der Waals surface area contributed by atoms with Gasteiger partial charge in [0.1, 0.15) is 17.5 Å². The fraction of sp³-hybridized carbons (Fsp3) is 0.500. The lowest BCUT2D eigenvalue weighted by Gasteiger charge is -2.30. The second-order valence-electron chi connectivity index (χ2n) is 4.53. The molecule has 106 valence electrons. The van der Waals surface area contributed by atoms with Crippen LogP contribution in [0.1, 0.15) is 31.9 Å². The second-order valence-corrected chi connectivity index (χ2v) is 4.53. The molecule has 19 heavy (non-hydrogen) atoms. The first-order valence-corrected chi connectivity index (χ1v) is 6.24. The van der Waals surface area contributed by atoms with Crippen LogP contribution < -0.4 is 4.74 Å². The molecule has 5 nitrogen and oxygen atoms in total. The van der Waals surface area contributed by atoms with Crippen LogP contribution in [0.25, 0.3) is 0 Å². The number of hydrogen-bond acceptors (Lipinski definition) is 4. The number of benzene rings is 1. The van der Waals surface area contributed by atoms with E-state index in [1.807, 2.05) is 13.8 Å². The van der Waals surface area contributed by atoms with E-state index < -0.39 is 12.0 Å². The number of carboxylic acids is 1. The number of rotatable bonds is 6. The number of hydrogen-bond donors (Lipinski definition) is 2. The molecule has 0 aliphatic carbocycles. The van der Waals surface area contributed by atoms with Gasteiger partial charge in [0.2, 0.25) is 0 Å². The Morgan fingerprint density at radius 3 is 2.58 bits per heavy atom. The fourth-order valence-electron chi connectivity index (χ4n) is 2.12. The van der Waals surface area contributed by atoms with Gasteiger partial charge in [-0.3, -0.25) is 9.69 Å². The van der Waals surface area contributed by atoms with Crippen LogP contribution in [0.4, 0.5) is 0 Å². The highest BCUT2D eigenvalue weighted by atomic mass is 16.5. The first-order chi connectivity index (χ1) is 8.92. The highest BCUT2D eigenvalue weighted by Crippen LogP contribution is 2.32. The van der Waals surface area contributed by atoms with E-state index in [0.717, 1.165) is 0 Å². The van der Waals surface area contributed by atoms with Crippen molar-refractivity contribution in [3.8, 4) is 11.5 Å². The zero-order chi connectivity index (χ0) is 14.6. The van der Waals surface area contributed by atoms with Gasteiger partial charge in [-0.05, 0) is 38.6 Å². The molecule has 0 radical (unpaired) electrons. The number of aliphatic carboxylic acids is 1. The molecule has 1 aromatic carbocycles. The molecule has 0 saturated carbocycles. The summed E-state index contributed by atoms with van der Waals surface area (Å²) < 4.78 is 5.13. The van der Waals surface area contributed by atoms with Crippen molar-refractivity contribution in [2.24, 2.45) is 0 Å². The standard InChI is InChI=1S/C14H21NO4/c1-5-12(14(17)18)15(3)9(2)11-8-10(19-4)6-7-13(11)16/h6-9,12,16H,5H2,1-4H3,(H,17,18). The Balaban J connectivity index is 3.04. The zero-order valence-corrected chi connectivity index (χ0v) is 11.8. The van der Waals surface area contributed by atoms with E-state index in [2.05, 4.69) is 0 Å². The van der Waals surface area contributed by atoms with Crippen molar-refractivity contribution in [2.45, 2.75) is 32.4 Å². The maximum Gasteiger partial charge on any atom is 0.320 e. The van der Waals surface area contributed by atoms with E-state index in [1.54, 1.807) is 37.3 Å². The minimum Gasteiger partial charge on any atom is -0.508 e. The summed E-state index contributed by atoms with van der Waals surface area (Å²) in [5, 5.41) is 19.1. The van der Waals surface area contributed by atoms with Crippen molar-refractivity contribution < 1.29 is 19.7 Å². The second kappa shape index (κ2) is 6.43. The molecule has 0 heterocycles. The number of carboxylic acid groups (broad SMARTS) is 1. The number of phenols is 1. The van der Waals surface area contributed by atoms with Gasteiger partial charge in [0, 0.05) is 11.6 Å². The van der Waals surface area contributed by atoms with E-state index in [4.69, 9.17) is 4.74 Å². The number of carbonyl (C=O) groups is 1. The average Bonchev–Trinajstić information content (AvgIpc) is 2.38. The Kier molecular flexibility index (Phi) is 5.18. The summed E-state index contributed by atoms with van der Waals surface area (Å²) in [7, 11) is 3.29. The minimum absolute atomic E-state index is 0.139. The van der Waals surface area contributed by atoms with Crippen molar-refractivity contribution >= 4 is 5.97 Å². The van der Waals surface area contributed by atoms with Crippen molar-refractivity contribution in [3.05, 3.63) is 23.8 Å². The van der Waals surface area contributed by atoms with Gasteiger partial charge in [0.25, 0.3) is 0 Å². The monoisotopic (exact) mass is 267 g/mol. The zero-order valence-electron chi connectivity index (χ0n) is 11.8. The van der Waals surface area contributed by atoms with E-state index in [-0.39, 0.29) is 11.8 Å². The van der Waals surface area contributed by atoms with Gasteiger partial charge in [-0.1, -0.05) is 6.92 Å². The summed E-state index contributed by atoms with van der Waals surface area (Å²) in [5.74, 6) is -0.0870. The molecule has 0 amide bonds. The molecular weight excluding hydrogens is 246 g/mol. The third kappa shape index (κ3) is 3.38. The van der Waals surface area contributed by atoms with Gasteiger partial charge < -0.3 is 14.9 Å². The molecule has 0 spiro atoms. The predicted octanol–water partition coefficient (Wildman–Crippen LogP) is 2.26. The number of nitrogens with zero attached hydrogens (tertiary/aromatic N) is 1. The molecule has 2 unspecified atom stereocenters. The summed E-state index contributed by atoms with van der Waals surface area (Å²) in [6.07, 6.45) is 0.501. The summed E-state index contributed by atoms with van der Waals surface area (Å²) in [5.41, 5.74) is 0.654. The maximum atomic E-state index is 11.2. The largest absolute Gasteiger partial charge is 0.508 e. The van der Waals surface area contributed by atoms with Crippen molar-refractivity contribution in [1.29, 1.82) is 0 Å². The molecule has 1 aromatic rings. The molecule has 2 N–H and O–H groups in total. The van der Waals surface area contributed by atoms with Crippen molar-refractivity contribution in [2.75, 3.05) is 14.2 Å². The van der Waals surface area contributed by atoms with Crippen molar-refractivity contribution in [1.82, 2.24) is 4.90 Å². The Labute approximate surface area is 113 Å². The van der Waals surface area contributed by atoms with E-state index in [0.29, 0.717) is 17.7 Å². The SMILES string of the molecule is CCC(C(=O)O)N(C)C(C)c1cc(OC)ccc1O. The molecular formula is C14H21NO4. The van der Waals surface area contributed by atoms with Gasteiger partial charge in [-0.2, -0.15) is 0 Å². The number of methoxy groups -OCH3 is 1. The predicted molar refractivity (Wildman–Crippen MR) is 72.6 cm³/mol. The Morgan fingerprint density at radius 1 is 1.47 bits per heavy atom. The highest BCUT2D eigenvalue weighted by molar-refractivity contribution is 5.73. The van der Waals surface area contributed by atoms with E-state index in [1.165, 1.54) is 0 Å². The lowest BCUT2D eigenvalue weighted by molar-refractivity contribution is -0.143. The van der Waals surface area contributed by atoms with Crippen LogP contribution in [-0.2, 0) is 4.79 Å². The van der Waals surface area contributed by atoms with Gasteiger partial charge in [-0.15, -0.1) is 0 Å². The van der Waals surface area contributed by atoms with Gasteiger partial charge in [-0.25, -0.2) is 0 Å². The average molecular weight is 267 g/mol. The highest BCUT2D eigenvalue weighted by Gasteiger charge is 2.26. The van der Waals surface area contributed by atoms with Crippen LogP contribution >= 0.6 is 0 Å². The van der Waals surface area contributed by atoms with Gasteiger partial charge in [0.15, 0.2) is 0 Å². The molecule has 1 rings (SSSR count).